The molecule has 39 heavy (non-hydrogen) atoms. The third kappa shape index (κ3) is 4.85. The predicted octanol–water partition coefficient (Wildman–Crippen LogP) is 4.84. The summed E-state index contributed by atoms with van der Waals surface area (Å²) in [5, 5.41) is 12.9. The van der Waals surface area contributed by atoms with Gasteiger partial charge in [-0.2, -0.15) is 14.6 Å². The average Bonchev–Trinajstić information content (AvgIpc) is 3.55. The zero-order chi connectivity index (χ0) is 27.0. The zero-order valence-corrected chi connectivity index (χ0v) is 22.1. The van der Waals surface area contributed by atoms with Gasteiger partial charge in [0.1, 0.15) is 17.7 Å². The van der Waals surface area contributed by atoms with Crippen LogP contribution in [0, 0.1) is 11.3 Å². The molecule has 1 fully saturated rings. The van der Waals surface area contributed by atoms with Crippen molar-refractivity contribution in [3.8, 4) is 28.7 Å². The lowest BCUT2D eigenvalue weighted by molar-refractivity contribution is 0.326. The smallest absolute Gasteiger partial charge is 0.306 e. The van der Waals surface area contributed by atoms with Gasteiger partial charge >= 0.3 is 5.84 Å². The summed E-state index contributed by atoms with van der Waals surface area (Å²) >= 11 is 6.24. The van der Waals surface area contributed by atoms with E-state index < -0.39 is 10.0 Å². The fourth-order valence-corrected chi connectivity index (χ4v) is 6.45. The Bertz CT molecular complexity index is 1810. The van der Waals surface area contributed by atoms with Gasteiger partial charge in [0.2, 0.25) is 16.0 Å². The molecule has 1 N–H and O–H groups in total. The molecule has 1 aliphatic heterocycles. The Hall–Kier alpha value is -4.24. The standard InChI is InChI=1S/C27H22ClN7O3S/c28-20-4-1-3-19(15-20)24-25(35-13-14-38-27(35)33-24)23-10-11-30-26(32-23)31-21-5-2-12-34(17-21)39(36,37)22-8-6-18(16-29)7-9-22/h1,3-4,6-11,13-15,21H,2,5,12,17H2,(H,30,31,32)/t21-/m1/s1. The van der Waals surface area contributed by atoms with E-state index in [2.05, 4.69) is 15.3 Å². The van der Waals surface area contributed by atoms with Crippen molar-refractivity contribution in [2.24, 2.45) is 0 Å². The van der Waals surface area contributed by atoms with Crippen LogP contribution in [0.25, 0.3) is 28.5 Å². The van der Waals surface area contributed by atoms with E-state index in [9.17, 15) is 8.42 Å². The zero-order valence-electron chi connectivity index (χ0n) is 20.5. The molecule has 196 valence electrons. The summed E-state index contributed by atoms with van der Waals surface area (Å²) in [6, 6.07) is 17.0. The van der Waals surface area contributed by atoms with Crippen molar-refractivity contribution in [1.82, 2.24) is 23.7 Å². The van der Waals surface area contributed by atoms with E-state index in [0.717, 1.165) is 17.7 Å². The Balaban J connectivity index is 1.27. The van der Waals surface area contributed by atoms with Crippen LogP contribution in [-0.2, 0) is 10.0 Å². The van der Waals surface area contributed by atoms with Gasteiger partial charge in [0.15, 0.2) is 0 Å². The summed E-state index contributed by atoms with van der Waals surface area (Å²) in [5.74, 6) is 0.801. The average molecular weight is 560 g/mol. The quantitative estimate of drug-likeness (QED) is 0.313. The largest absolute Gasteiger partial charge is 0.432 e. The lowest BCUT2D eigenvalue weighted by atomic mass is 10.1. The number of halogens is 1. The van der Waals surface area contributed by atoms with E-state index in [1.165, 1.54) is 28.6 Å². The number of rotatable bonds is 6. The normalized spacial score (nSPS) is 16.3. The van der Waals surface area contributed by atoms with E-state index in [1.807, 2.05) is 28.7 Å². The van der Waals surface area contributed by atoms with Gasteiger partial charge in [0.25, 0.3) is 0 Å². The van der Waals surface area contributed by atoms with Gasteiger partial charge in [0.05, 0.1) is 22.2 Å². The number of aromatic nitrogens is 4. The number of hydrogen-bond donors (Lipinski definition) is 1. The molecular weight excluding hydrogens is 538 g/mol. The van der Waals surface area contributed by atoms with E-state index in [0.29, 0.717) is 46.7 Å². The number of benzene rings is 2. The van der Waals surface area contributed by atoms with Crippen LogP contribution in [0.2, 0.25) is 5.02 Å². The lowest BCUT2D eigenvalue weighted by Crippen LogP contribution is -2.45. The van der Waals surface area contributed by atoms with Crippen LogP contribution < -0.4 is 5.32 Å². The molecule has 4 heterocycles. The minimum absolute atomic E-state index is 0.166. The van der Waals surface area contributed by atoms with Crippen molar-refractivity contribution in [3.63, 3.8) is 0 Å². The number of piperidine rings is 1. The summed E-state index contributed by atoms with van der Waals surface area (Å²) in [4.78, 5) is 14.0. The summed E-state index contributed by atoms with van der Waals surface area (Å²) in [6.07, 6.45) is 6.43. The van der Waals surface area contributed by atoms with Gasteiger partial charge in [-0.1, -0.05) is 23.7 Å². The van der Waals surface area contributed by atoms with Crippen molar-refractivity contribution < 1.29 is 12.8 Å². The molecule has 0 unspecified atom stereocenters. The van der Waals surface area contributed by atoms with E-state index in [1.54, 1.807) is 30.8 Å². The molecule has 10 nitrogen and oxygen atoms in total. The highest BCUT2D eigenvalue weighted by atomic mass is 35.5. The van der Waals surface area contributed by atoms with Crippen molar-refractivity contribution >= 4 is 33.4 Å². The van der Waals surface area contributed by atoms with Crippen LogP contribution in [-0.4, -0.2) is 51.2 Å². The second kappa shape index (κ2) is 10.1. The van der Waals surface area contributed by atoms with Crippen LogP contribution in [0.3, 0.4) is 0 Å². The summed E-state index contributed by atoms with van der Waals surface area (Å²) in [5.41, 5.74) is 3.24. The highest BCUT2D eigenvalue weighted by Crippen LogP contribution is 2.33. The van der Waals surface area contributed by atoms with Crippen LogP contribution in [0.1, 0.15) is 18.4 Å². The molecule has 0 aliphatic carbocycles. The van der Waals surface area contributed by atoms with E-state index in [4.69, 9.17) is 26.3 Å². The minimum Gasteiger partial charge on any atom is -0.432 e. The Morgan fingerprint density at radius 1 is 1.13 bits per heavy atom. The summed E-state index contributed by atoms with van der Waals surface area (Å²) < 4.78 is 35.3. The Morgan fingerprint density at radius 2 is 1.97 bits per heavy atom. The molecule has 0 saturated carbocycles. The maximum Gasteiger partial charge on any atom is 0.306 e. The first-order valence-electron chi connectivity index (χ1n) is 12.2. The lowest BCUT2D eigenvalue weighted by Gasteiger charge is -2.32. The number of fused-ring (bicyclic) bond motifs is 1. The van der Waals surface area contributed by atoms with Crippen molar-refractivity contribution in [1.29, 1.82) is 5.26 Å². The van der Waals surface area contributed by atoms with Crippen molar-refractivity contribution in [2.75, 3.05) is 18.4 Å². The van der Waals surface area contributed by atoms with Gasteiger partial charge in [-0.05, 0) is 55.3 Å². The molecule has 5 aromatic rings. The molecule has 12 heteroatoms. The monoisotopic (exact) mass is 559 g/mol. The van der Waals surface area contributed by atoms with Gasteiger partial charge in [-0.3, -0.25) is 4.40 Å². The van der Waals surface area contributed by atoms with Crippen LogP contribution in [0.4, 0.5) is 5.95 Å². The molecule has 2 aromatic carbocycles. The van der Waals surface area contributed by atoms with Crippen molar-refractivity contribution in [2.45, 2.75) is 23.8 Å². The highest BCUT2D eigenvalue weighted by Gasteiger charge is 2.31. The Kier molecular flexibility index (Phi) is 6.52. The SMILES string of the molecule is N#Cc1ccc(S(=O)(=O)N2CCC[C@@H](Nc3nccc(-c4c(-c5cccc(Cl)c5)nc5occn45)n3)C2)cc1. The summed E-state index contributed by atoms with van der Waals surface area (Å²) in [7, 11) is -3.70. The van der Waals surface area contributed by atoms with Crippen LogP contribution in [0.15, 0.2) is 82.6 Å². The van der Waals surface area contributed by atoms with Gasteiger partial charge < -0.3 is 9.73 Å². The predicted molar refractivity (Wildman–Crippen MR) is 145 cm³/mol. The fourth-order valence-electron chi connectivity index (χ4n) is 4.74. The Morgan fingerprint density at radius 3 is 2.77 bits per heavy atom. The highest BCUT2D eigenvalue weighted by molar-refractivity contribution is 7.89. The van der Waals surface area contributed by atoms with E-state index >= 15 is 0 Å². The van der Waals surface area contributed by atoms with Gasteiger partial charge in [0, 0.05) is 42.1 Å². The number of nitriles is 1. The first-order valence-corrected chi connectivity index (χ1v) is 14.1. The summed E-state index contributed by atoms with van der Waals surface area (Å²) in [6.45, 7) is 0.682. The number of hydrogen-bond acceptors (Lipinski definition) is 8. The topological polar surface area (TPSA) is 129 Å². The maximum absolute atomic E-state index is 13.2. The van der Waals surface area contributed by atoms with Crippen LogP contribution in [0.5, 0.6) is 0 Å². The number of nitrogens with one attached hydrogen (secondary N) is 1. The molecule has 0 bridgehead atoms. The molecule has 0 radical (unpaired) electrons. The maximum atomic E-state index is 13.2. The van der Waals surface area contributed by atoms with Gasteiger partial charge in [-0.25, -0.2) is 18.4 Å². The minimum atomic E-state index is -3.70. The molecular formula is C27H22ClN7O3S. The molecule has 1 aliphatic rings. The van der Waals surface area contributed by atoms with Crippen LogP contribution >= 0.6 is 11.6 Å². The molecule has 6 rings (SSSR count). The van der Waals surface area contributed by atoms with Crippen molar-refractivity contribution in [3.05, 3.63) is 83.8 Å². The number of sulfonamides is 1. The number of oxazole rings is 1. The molecule has 0 spiro atoms. The second-order valence-corrected chi connectivity index (χ2v) is 11.5. The molecule has 3 aromatic heterocycles. The fraction of sp³-hybridized carbons (Fsp3) is 0.185. The first-order chi connectivity index (χ1) is 18.9. The third-order valence-corrected chi connectivity index (χ3v) is 8.71. The van der Waals surface area contributed by atoms with Gasteiger partial charge in [-0.15, -0.1) is 0 Å². The number of nitrogens with zero attached hydrogens (tertiary/aromatic N) is 6. The number of imidazole rings is 1. The first kappa shape index (κ1) is 25.1. The van der Waals surface area contributed by atoms with E-state index in [-0.39, 0.29) is 17.5 Å². The number of anilines is 1. The second-order valence-electron chi connectivity index (χ2n) is 9.12. The molecule has 0 amide bonds. The molecule has 1 atom stereocenters. The molecule has 1 saturated heterocycles. The third-order valence-electron chi connectivity index (χ3n) is 6.60. The Labute approximate surface area is 229 Å².